The molecule has 11 rings (SSSR count). The second kappa shape index (κ2) is 12.2. The van der Waals surface area contributed by atoms with E-state index in [1.165, 1.54) is 98.4 Å². The van der Waals surface area contributed by atoms with Gasteiger partial charge in [0.15, 0.2) is 0 Å². The average Bonchev–Trinajstić information content (AvgIpc) is 3.24. The Hall–Kier alpha value is -7.16. The quantitative estimate of drug-likeness (QED) is 0.172. The van der Waals surface area contributed by atoms with Gasteiger partial charge in [-0.2, -0.15) is 0 Å². The molecule has 0 aliphatic rings. The molecule has 2 nitrogen and oxygen atoms in total. The summed E-state index contributed by atoms with van der Waals surface area (Å²) in [6, 6.07) is 61.9. The molecule has 0 bridgehead atoms. The summed E-state index contributed by atoms with van der Waals surface area (Å²) in [5, 5.41) is 14.5. The topological polar surface area (TPSA) is 25.8 Å². The van der Waals surface area contributed by atoms with E-state index in [9.17, 15) is 0 Å². The highest BCUT2D eigenvalue weighted by Gasteiger charge is 2.19. The lowest BCUT2D eigenvalue weighted by Gasteiger charge is -2.19. The van der Waals surface area contributed by atoms with Crippen molar-refractivity contribution in [1.29, 1.82) is 0 Å². The van der Waals surface area contributed by atoms with Crippen molar-refractivity contribution in [3.8, 4) is 44.5 Å². The van der Waals surface area contributed by atoms with Crippen LogP contribution in [0.2, 0.25) is 0 Å². The van der Waals surface area contributed by atoms with Crippen molar-refractivity contribution in [1.82, 2.24) is 9.97 Å². The molecule has 2 heterocycles. The van der Waals surface area contributed by atoms with E-state index in [0.717, 1.165) is 10.8 Å². The van der Waals surface area contributed by atoms with Crippen LogP contribution < -0.4 is 0 Å². The summed E-state index contributed by atoms with van der Waals surface area (Å²) in [7, 11) is 0. The van der Waals surface area contributed by atoms with E-state index in [1.807, 2.05) is 24.8 Å². The van der Waals surface area contributed by atoms with Crippen LogP contribution in [0.3, 0.4) is 0 Å². The van der Waals surface area contributed by atoms with Gasteiger partial charge in [-0.1, -0.05) is 140 Å². The van der Waals surface area contributed by atoms with Crippen LogP contribution in [0.5, 0.6) is 0 Å². The Morgan fingerprint density at radius 3 is 1.09 bits per heavy atom. The molecular weight excluding hydrogens is 653 g/mol. The maximum Gasteiger partial charge on any atom is 0.0353 e. The minimum atomic E-state index is 1.15. The van der Waals surface area contributed by atoms with E-state index in [0.29, 0.717) is 0 Å². The summed E-state index contributed by atoms with van der Waals surface area (Å²) in [4.78, 5) is 9.30. The normalized spacial score (nSPS) is 11.7. The van der Waals surface area contributed by atoms with E-state index in [-0.39, 0.29) is 0 Å². The number of fused-ring (bicyclic) bond motifs is 6. The SMILES string of the molecule is c1ccc(-c2c3ccccc3c(-c3ccc4cc(-c5c6ccccc6c(-c6ccc7ccccc7c6)c6ccncc56)ccc4c3)c3cnccc23)cc1. The highest BCUT2D eigenvalue weighted by molar-refractivity contribution is 6.23. The Morgan fingerprint density at radius 2 is 0.593 bits per heavy atom. The van der Waals surface area contributed by atoms with E-state index in [2.05, 4.69) is 180 Å². The van der Waals surface area contributed by atoms with Crippen molar-refractivity contribution in [2.24, 2.45) is 0 Å². The van der Waals surface area contributed by atoms with Gasteiger partial charge in [0.2, 0.25) is 0 Å². The molecule has 0 saturated carbocycles. The van der Waals surface area contributed by atoms with E-state index >= 15 is 0 Å². The highest BCUT2D eigenvalue weighted by atomic mass is 14.6. The van der Waals surface area contributed by atoms with E-state index < -0.39 is 0 Å². The van der Waals surface area contributed by atoms with Gasteiger partial charge in [-0.25, -0.2) is 0 Å². The number of hydrogen-bond donors (Lipinski definition) is 0. The van der Waals surface area contributed by atoms with Crippen molar-refractivity contribution in [2.45, 2.75) is 0 Å². The second-order valence-electron chi connectivity index (χ2n) is 14.1. The van der Waals surface area contributed by atoms with Crippen molar-refractivity contribution in [3.05, 3.63) is 195 Å². The molecule has 0 aliphatic carbocycles. The largest absolute Gasteiger partial charge is 0.264 e. The number of rotatable bonds is 4. The Bertz CT molecular complexity index is 3160. The Balaban J connectivity index is 1.10. The van der Waals surface area contributed by atoms with Crippen LogP contribution in [0.1, 0.15) is 0 Å². The summed E-state index contributed by atoms with van der Waals surface area (Å²) in [5.74, 6) is 0. The first kappa shape index (κ1) is 30.5. The van der Waals surface area contributed by atoms with Gasteiger partial charge in [-0.15, -0.1) is 0 Å². The molecule has 0 amide bonds. The fourth-order valence-corrected chi connectivity index (χ4v) is 8.79. The Labute approximate surface area is 312 Å². The number of pyridine rings is 2. The minimum absolute atomic E-state index is 1.15. The van der Waals surface area contributed by atoms with Gasteiger partial charge in [0.05, 0.1) is 0 Å². The van der Waals surface area contributed by atoms with Crippen molar-refractivity contribution >= 4 is 64.6 Å². The highest BCUT2D eigenvalue weighted by Crippen LogP contribution is 2.46. The zero-order valence-corrected chi connectivity index (χ0v) is 29.4. The van der Waals surface area contributed by atoms with Gasteiger partial charge >= 0.3 is 0 Å². The van der Waals surface area contributed by atoms with Crippen LogP contribution >= 0.6 is 0 Å². The summed E-state index contributed by atoms with van der Waals surface area (Å²) < 4.78 is 0. The van der Waals surface area contributed by atoms with Crippen molar-refractivity contribution in [2.75, 3.05) is 0 Å². The monoisotopic (exact) mass is 684 g/mol. The maximum atomic E-state index is 4.67. The first-order valence-electron chi connectivity index (χ1n) is 18.5. The predicted octanol–water partition coefficient (Wildman–Crippen LogP) is 14.1. The summed E-state index contributed by atoms with van der Waals surface area (Å²) >= 11 is 0. The molecule has 0 radical (unpaired) electrons. The van der Waals surface area contributed by atoms with Gasteiger partial charge in [0, 0.05) is 35.6 Å². The maximum absolute atomic E-state index is 4.67. The molecule has 250 valence electrons. The molecule has 2 aromatic heterocycles. The summed E-state index contributed by atoms with van der Waals surface area (Å²) in [5.41, 5.74) is 9.71. The van der Waals surface area contributed by atoms with E-state index in [4.69, 9.17) is 0 Å². The van der Waals surface area contributed by atoms with Crippen molar-refractivity contribution in [3.63, 3.8) is 0 Å². The first-order chi connectivity index (χ1) is 26.8. The molecule has 0 aliphatic heterocycles. The molecule has 0 fully saturated rings. The molecule has 0 atom stereocenters. The number of aromatic nitrogens is 2. The molecule has 11 aromatic rings. The summed E-state index contributed by atoms with van der Waals surface area (Å²) in [6.45, 7) is 0. The van der Waals surface area contributed by atoms with Crippen LogP contribution in [0.25, 0.3) is 109 Å². The number of benzene rings is 9. The average molecular weight is 685 g/mol. The van der Waals surface area contributed by atoms with Gasteiger partial charge < -0.3 is 0 Å². The van der Waals surface area contributed by atoms with Crippen molar-refractivity contribution < 1.29 is 0 Å². The number of hydrogen-bond acceptors (Lipinski definition) is 2. The molecule has 0 saturated heterocycles. The van der Waals surface area contributed by atoms with Crippen LogP contribution in [-0.4, -0.2) is 9.97 Å². The molecule has 54 heavy (non-hydrogen) atoms. The fraction of sp³-hybridized carbons (Fsp3) is 0. The van der Waals surface area contributed by atoms with Crippen LogP contribution in [0.15, 0.2) is 195 Å². The minimum Gasteiger partial charge on any atom is -0.264 e. The standard InChI is InChI=1S/C52H32N2/c1-2-11-34(12-3-1)49-41-14-6-8-16-43(41)51(47-31-53-26-24-45(47)49)39-22-19-37-30-40(23-20-36(37)29-39)52-44-17-9-7-15-42(44)50(46-25-27-54-32-48(46)52)38-21-18-33-10-4-5-13-35(33)28-38/h1-32H. The van der Waals surface area contributed by atoms with Gasteiger partial charge in [-0.05, 0) is 129 Å². The van der Waals surface area contributed by atoms with Crippen LogP contribution in [0, 0.1) is 0 Å². The molecule has 0 spiro atoms. The van der Waals surface area contributed by atoms with Gasteiger partial charge in [0.25, 0.3) is 0 Å². The van der Waals surface area contributed by atoms with Gasteiger partial charge in [0.1, 0.15) is 0 Å². The molecule has 0 unspecified atom stereocenters. The van der Waals surface area contributed by atoms with Gasteiger partial charge in [-0.3, -0.25) is 9.97 Å². The fourth-order valence-electron chi connectivity index (χ4n) is 8.79. The third-order valence-electron chi connectivity index (χ3n) is 11.2. The molecule has 0 N–H and O–H groups in total. The lowest BCUT2D eigenvalue weighted by atomic mass is 9.85. The molecular formula is C52H32N2. The lowest BCUT2D eigenvalue weighted by molar-refractivity contribution is 1.37. The predicted molar refractivity (Wildman–Crippen MR) is 229 cm³/mol. The third-order valence-corrected chi connectivity index (χ3v) is 11.2. The van der Waals surface area contributed by atoms with E-state index in [1.54, 1.807) is 0 Å². The molecule has 9 aromatic carbocycles. The summed E-state index contributed by atoms with van der Waals surface area (Å²) in [6.07, 6.45) is 7.90. The Kier molecular flexibility index (Phi) is 6.90. The molecule has 2 heteroatoms. The third kappa shape index (κ3) is 4.74. The smallest absolute Gasteiger partial charge is 0.0353 e. The second-order valence-corrected chi connectivity index (χ2v) is 14.1. The zero-order chi connectivity index (χ0) is 35.6. The number of nitrogens with zero attached hydrogens (tertiary/aromatic N) is 2. The lowest BCUT2D eigenvalue weighted by Crippen LogP contribution is -1.92. The first-order valence-corrected chi connectivity index (χ1v) is 18.5. The Morgan fingerprint density at radius 1 is 0.241 bits per heavy atom. The van der Waals surface area contributed by atoms with Crippen LogP contribution in [-0.2, 0) is 0 Å². The zero-order valence-electron chi connectivity index (χ0n) is 29.4. The van der Waals surface area contributed by atoms with Crippen LogP contribution in [0.4, 0.5) is 0 Å².